The van der Waals surface area contributed by atoms with Crippen LogP contribution in [0.15, 0.2) is 23.2 Å². The molecule has 0 spiro atoms. The van der Waals surface area contributed by atoms with E-state index in [1.165, 1.54) is 7.11 Å². The van der Waals surface area contributed by atoms with Crippen LogP contribution in [0, 0.1) is 11.2 Å². The van der Waals surface area contributed by atoms with E-state index >= 15 is 0 Å². The molecule has 6 nitrogen and oxygen atoms in total. The van der Waals surface area contributed by atoms with Crippen LogP contribution in [-0.2, 0) is 6.54 Å². The van der Waals surface area contributed by atoms with Crippen molar-refractivity contribution in [3.63, 3.8) is 0 Å². The minimum Gasteiger partial charge on any atom is -0.494 e. The predicted molar refractivity (Wildman–Crippen MR) is 140 cm³/mol. The zero-order chi connectivity index (χ0) is 22.7. The average molecular weight is 565 g/mol. The lowest BCUT2D eigenvalue weighted by Gasteiger charge is -2.34. The van der Waals surface area contributed by atoms with Crippen LogP contribution in [-0.4, -0.2) is 61.9 Å². The van der Waals surface area contributed by atoms with Crippen molar-refractivity contribution >= 4 is 29.9 Å². The van der Waals surface area contributed by atoms with Gasteiger partial charge in [-0.2, -0.15) is 0 Å². The molecule has 0 bridgehead atoms. The number of likely N-dealkylation sites (tertiary alicyclic amines) is 1. The normalized spacial score (nSPS) is 15.9. The Balaban J connectivity index is 0.00000512. The number of nitrogens with one attached hydrogen (secondary N) is 2. The van der Waals surface area contributed by atoms with Gasteiger partial charge in [-0.25, -0.2) is 4.39 Å². The highest BCUT2D eigenvalue weighted by molar-refractivity contribution is 14.0. The Hall–Kier alpha value is -1.13. The second-order valence-electron chi connectivity index (χ2n) is 8.54. The molecule has 0 unspecified atom stereocenters. The summed E-state index contributed by atoms with van der Waals surface area (Å²) >= 11 is 0. The predicted octanol–water partition coefficient (Wildman–Crippen LogP) is 4.16. The highest BCUT2D eigenvalue weighted by atomic mass is 127. The molecular weight excluding hydrogens is 522 g/mol. The highest BCUT2D eigenvalue weighted by Gasteiger charge is 2.26. The monoisotopic (exact) mass is 564 g/mol. The fourth-order valence-corrected chi connectivity index (χ4v) is 4.21. The van der Waals surface area contributed by atoms with E-state index in [2.05, 4.69) is 36.3 Å². The molecule has 1 aliphatic rings. The number of benzene rings is 1. The first-order valence-electron chi connectivity index (χ1n) is 11.7. The first-order valence-corrected chi connectivity index (χ1v) is 11.7. The average Bonchev–Trinajstić information content (AvgIpc) is 2.78. The minimum atomic E-state index is -0.306. The summed E-state index contributed by atoms with van der Waals surface area (Å²) < 4.78 is 19.0. The third-order valence-corrected chi connectivity index (χ3v) is 6.61. The molecule has 1 aromatic rings. The lowest BCUT2D eigenvalue weighted by Crippen LogP contribution is -2.48. The van der Waals surface area contributed by atoms with E-state index in [9.17, 15) is 9.50 Å². The summed E-state index contributed by atoms with van der Waals surface area (Å²) in [5, 5.41) is 16.4. The molecule has 2 rings (SSSR count). The topological polar surface area (TPSA) is 69.1 Å². The van der Waals surface area contributed by atoms with Gasteiger partial charge in [0.05, 0.1) is 7.11 Å². The molecule has 0 aromatic heterocycles. The van der Waals surface area contributed by atoms with Gasteiger partial charge in [0.25, 0.3) is 0 Å². The standard InChI is InChI=1S/C24H41FN4O2.HI/c1-5-24(6-2,12-15-30)18-27-23(26-7-3)28-20-10-13-29(14-11-20)17-19-8-9-22(31-4)21(25)16-19;/h8-9,16,20,30H,5-7,10-15,17-18H2,1-4H3,(H2,26,27,28);1H. The zero-order valence-corrected chi connectivity index (χ0v) is 22.5. The molecule has 0 radical (unpaired) electrons. The third-order valence-electron chi connectivity index (χ3n) is 6.61. The number of piperidine rings is 1. The molecule has 1 heterocycles. The Kier molecular flexibility index (Phi) is 13.5. The second-order valence-corrected chi connectivity index (χ2v) is 8.54. The number of aliphatic imine (C=N–C) groups is 1. The minimum absolute atomic E-state index is 0. The molecule has 1 saturated heterocycles. The molecule has 1 aromatic carbocycles. The molecule has 0 saturated carbocycles. The molecule has 0 atom stereocenters. The SMILES string of the molecule is CCNC(=NCC(CC)(CC)CCO)NC1CCN(Cc2ccc(OC)c(F)c2)CC1.I. The third kappa shape index (κ3) is 8.67. The van der Waals surface area contributed by atoms with E-state index in [0.29, 0.717) is 6.04 Å². The Morgan fingerprint density at radius 1 is 1.25 bits per heavy atom. The maximum absolute atomic E-state index is 14.0. The Morgan fingerprint density at radius 2 is 1.94 bits per heavy atom. The summed E-state index contributed by atoms with van der Waals surface area (Å²) in [7, 11) is 1.48. The summed E-state index contributed by atoms with van der Waals surface area (Å²) in [6.07, 6.45) is 4.85. The van der Waals surface area contributed by atoms with E-state index in [1.807, 2.05) is 6.07 Å². The van der Waals surface area contributed by atoms with Crippen molar-refractivity contribution in [3.05, 3.63) is 29.6 Å². The van der Waals surface area contributed by atoms with Crippen LogP contribution in [0.25, 0.3) is 0 Å². The van der Waals surface area contributed by atoms with Crippen molar-refractivity contribution in [2.24, 2.45) is 10.4 Å². The van der Waals surface area contributed by atoms with Gasteiger partial charge in [-0.05, 0) is 62.1 Å². The van der Waals surface area contributed by atoms with E-state index in [1.54, 1.807) is 12.1 Å². The van der Waals surface area contributed by atoms with Crippen LogP contribution in [0.2, 0.25) is 0 Å². The molecule has 184 valence electrons. The van der Waals surface area contributed by atoms with Crippen molar-refractivity contribution < 1.29 is 14.2 Å². The summed E-state index contributed by atoms with van der Waals surface area (Å²) in [6, 6.07) is 5.57. The van der Waals surface area contributed by atoms with Gasteiger partial charge in [0.1, 0.15) is 0 Å². The number of rotatable bonds is 11. The van der Waals surface area contributed by atoms with Gasteiger partial charge in [-0.15, -0.1) is 24.0 Å². The van der Waals surface area contributed by atoms with Crippen molar-refractivity contribution in [1.82, 2.24) is 15.5 Å². The smallest absolute Gasteiger partial charge is 0.191 e. The van der Waals surface area contributed by atoms with E-state index in [-0.39, 0.29) is 47.6 Å². The van der Waals surface area contributed by atoms with Crippen LogP contribution in [0.4, 0.5) is 4.39 Å². The van der Waals surface area contributed by atoms with Crippen molar-refractivity contribution in [1.29, 1.82) is 0 Å². The number of guanidine groups is 1. The lowest BCUT2D eigenvalue weighted by molar-refractivity contribution is 0.175. The fourth-order valence-electron chi connectivity index (χ4n) is 4.21. The van der Waals surface area contributed by atoms with Gasteiger partial charge in [0.2, 0.25) is 0 Å². The molecule has 0 aliphatic carbocycles. The van der Waals surface area contributed by atoms with Crippen LogP contribution in [0.5, 0.6) is 5.75 Å². The highest BCUT2D eigenvalue weighted by Crippen LogP contribution is 2.30. The molecule has 8 heteroatoms. The summed E-state index contributed by atoms with van der Waals surface area (Å²) in [4.78, 5) is 7.23. The molecule has 3 N–H and O–H groups in total. The van der Waals surface area contributed by atoms with E-state index < -0.39 is 0 Å². The maximum Gasteiger partial charge on any atom is 0.191 e. The quantitative estimate of drug-likeness (QED) is 0.214. The number of hydrogen-bond donors (Lipinski definition) is 3. The lowest BCUT2D eigenvalue weighted by atomic mass is 9.79. The number of aliphatic hydroxyl groups excluding tert-OH is 1. The van der Waals surface area contributed by atoms with Gasteiger partial charge >= 0.3 is 0 Å². The molecule has 1 aliphatic heterocycles. The van der Waals surface area contributed by atoms with Gasteiger partial charge in [-0.3, -0.25) is 9.89 Å². The number of ether oxygens (including phenoxy) is 1. The Labute approximate surface area is 210 Å². The second kappa shape index (κ2) is 14.9. The van der Waals surface area contributed by atoms with Gasteiger partial charge in [0.15, 0.2) is 17.5 Å². The number of hydrogen-bond acceptors (Lipinski definition) is 4. The maximum atomic E-state index is 14.0. The van der Waals surface area contributed by atoms with Gasteiger partial charge < -0.3 is 20.5 Å². The summed E-state index contributed by atoms with van der Waals surface area (Å²) in [6.45, 7) is 10.9. The molecule has 0 amide bonds. The Bertz CT molecular complexity index is 693. The first-order chi connectivity index (χ1) is 15.0. The number of methoxy groups -OCH3 is 1. The molecule has 1 fully saturated rings. The summed E-state index contributed by atoms with van der Waals surface area (Å²) in [5.74, 6) is 0.845. The summed E-state index contributed by atoms with van der Waals surface area (Å²) in [5.41, 5.74) is 1.03. The first kappa shape index (κ1) is 28.9. The van der Waals surface area contributed by atoms with Crippen LogP contribution < -0.4 is 15.4 Å². The van der Waals surface area contributed by atoms with E-state index in [4.69, 9.17) is 9.73 Å². The van der Waals surface area contributed by atoms with Gasteiger partial charge in [-0.1, -0.05) is 19.9 Å². The number of nitrogens with zero attached hydrogens (tertiary/aromatic N) is 2. The zero-order valence-electron chi connectivity index (χ0n) is 20.1. The number of halogens is 2. The van der Waals surface area contributed by atoms with Crippen molar-refractivity contribution in [3.8, 4) is 5.75 Å². The molecular formula is C24H42FIN4O2. The van der Waals surface area contributed by atoms with Crippen LogP contribution in [0.1, 0.15) is 58.4 Å². The Morgan fingerprint density at radius 3 is 2.47 bits per heavy atom. The van der Waals surface area contributed by atoms with E-state index in [0.717, 1.165) is 76.4 Å². The van der Waals surface area contributed by atoms with Crippen molar-refractivity contribution in [2.45, 2.75) is 65.5 Å². The van der Waals surface area contributed by atoms with Crippen molar-refractivity contribution in [2.75, 3.05) is 39.9 Å². The van der Waals surface area contributed by atoms with Crippen LogP contribution >= 0.6 is 24.0 Å². The van der Waals surface area contributed by atoms with Crippen LogP contribution in [0.3, 0.4) is 0 Å². The molecule has 32 heavy (non-hydrogen) atoms. The number of aliphatic hydroxyl groups is 1. The fraction of sp³-hybridized carbons (Fsp3) is 0.708. The van der Waals surface area contributed by atoms with Gasteiger partial charge in [0, 0.05) is 45.4 Å². The largest absolute Gasteiger partial charge is 0.494 e.